The first-order valence-corrected chi connectivity index (χ1v) is 8.69. The molecule has 0 aliphatic heterocycles. The van der Waals surface area contributed by atoms with Gasteiger partial charge in [0.1, 0.15) is 17.8 Å². The van der Waals surface area contributed by atoms with Crippen molar-refractivity contribution in [3.05, 3.63) is 77.2 Å². The summed E-state index contributed by atoms with van der Waals surface area (Å²) in [7, 11) is 0. The number of benzene rings is 2. The lowest BCUT2D eigenvalue weighted by Crippen LogP contribution is -2.20. The second-order valence-electron chi connectivity index (χ2n) is 5.28. The maximum Gasteiger partial charge on any atom is 0.274 e. The van der Waals surface area contributed by atoms with Gasteiger partial charge in [0.05, 0.1) is 5.69 Å². The van der Waals surface area contributed by atoms with Gasteiger partial charge in [-0.15, -0.1) is 0 Å². The number of para-hydroxylation sites is 2. The number of halogens is 1. The van der Waals surface area contributed by atoms with Crippen LogP contribution in [0.3, 0.4) is 0 Å². The molecule has 0 atom stereocenters. The van der Waals surface area contributed by atoms with E-state index >= 15 is 0 Å². The van der Waals surface area contributed by atoms with Gasteiger partial charge in [-0.05, 0) is 47.1 Å². The summed E-state index contributed by atoms with van der Waals surface area (Å²) < 4.78 is 0.817. The number of carbonyl (C=O) groups excluding carboxylic acids is 1. The summed E-state index contributed by atoms with van der Waals surface area (Å²) in [5.74, 6) is 0.403. The van der Waals surface area contributed by atoms with Crippen LogP contribution in [-0.4, -0.2) is 22.4 Å². The fraction of sp³-hybridized carbons (Fsp3) is 0.105. The Morgan fingerprint density at radius 1 is 1.08 bits per heavy atom. The van der Waals surface area contributed by atoms with Crippen LogP contribution in [0.25, 0.3) is 0 Å². The van der Waals surface area contributed by atoms with Crippen molar-refractivity contribution in [2.45, 2.75) is 6.92 Å². The summed E-state index contributed by atoms with van der Waals surface area (Å²) in [5.41, 5.74) is 2.03. The fourth-order valence-corrected chi connectivity index (χ4v) is 2.84. The maximum absolute atomic E-state index is 12.5. The predicted molar refractivity (Wildman–Crippen MR) is 103 cm³/mol. The van der Waals surface area contributed by atoms with Gasteiger partial charge >= 0.3 is 0 Å². The number of aromatic nitrogens is 2. The van der Waals surface area contributed by atoms with Gasteiger partial charge in [-0.2, -0.15) is 0 Å². The molecule has 3 rings (SSSR count). The van der Waals surface area contributed by atoms with Crippen molar-refractivity contribution in [3.8, 4) is 0 Å². The molecule has 5 nitrogen and oxygen atoms in total. The van der Waals surface area contributed by atoms with Crippen molar-refractivity contribution in [3.63, 3.8) is 0 Å². The summed E-state index contributed by atoms with van der Waals surface area (Å²) in [4.78, 5) is 23.0. The van der Waals surface area contributed by atoms with Crippen molar-refractivity contribution >= 4 is 39.0 Å². The molecule has 0 aliphatic carbocycles. The largest absolute Gasteiger partial charge is 0.327 e. The number of anilines is 3. The summed E-state index contributed by atoms with van der Waals surface area (Å²) in [6, 6.07) is 19.1. The van der Waals surface area contributed by atoms with Crippen molar-refractivity contribution < 1.29 is 4.79 Å². The molecule has 1 N–H and O–H groups in total. The molecule has 1 amide bonds. The van der Waals surface area contributed by atoms with Crippen molar-refractivity contribution in [1.82, 2.24) is 9.97 Å². The smallest absolute Gasteiger partial charge is 0.274 e. The Hall–Kier alpha value is -2.73. The molecule has 0 saturated carbocycles. The third-order valence-electron chi connectivity index (χ3n) is 3.67. The number of rotatable bonds is 5. The van der Waals surface area contributed by atoms with Crippen LogP contribution in [0.4, 0.5) is 17.2 Å². The number of carbonyl (C=O) groups is 1. The van der Waals surface area contributed by atoms with Crippen LogP contribution in [0, 0.1) is 0 Å². The highest BCUT2D eigenvalue weighted by atomic mass is 79.9. The van der Waals surface area contributed by atoms with E-state index in [4.69, 9.17) is 0 Å². The highest BCUT2D eigenvalue weighted by molar-refractivity contribution is 9.10. The van der Waals surface area contributed by atoms with Gasteiger partial charge in [-0.25, -0.2) is 9.97 Å². The van der Waals surface area contributed by atoms with E-state index in [1.165, 1.54) is 6.33 Å². The zero-order valence-electron chi connectivity index (χ0n) is 13.7. The van der Waals surface area contributed by atoms with Gasteiger partial charge in [0.15, 0.2) is 0 Å². The number of amides is 1. The van der Waals surface area contributed by atoms with E-state index in [2.05, 4.69) is 31.2 Å². The third kappa shape index (κ3) is 4.03. The molecule has 126 valence electrons. The normalized spacial score (nSPS) is 10.3. The second kappa shape index (κ2) is 7.90. The van der Waals surface area contributed by atoms with E-state index < -0.39 is 0 Å². The Morgan fingerprint density at radius 3 is 2.52 bits per heavy atom. The number of hydrogen-bond acceptors (Lipinski definition) is 4. The van der Waals surface area contributed by atoms with Crippen LogP contribution in [0.15, 0.2) is 71.5 Å². The lowest BCUT2D eigenvalue weighted by molar-refractivity contribution is 0.102. The average Bonchev–Trinajstić information content (AvgIpc) is 2.65. The van der Waals surface area contributed by atoms with Gasteiger partial charge in [0.2, 0.25) is 0 Å². The Kier molecular flexibility index (Phi) is 5.40. The molecule has 0 radical (unpaired) electrons. The molecule has 0 aliphatic rings. The Labute approximate surface area is 154 Å². The third-order valence-corrected chi connectivity index (χ3v) is 4.36. The summed E-state index contributed by atoms with van der Waals surface area (Å²) in [6.45, 7) is 2.77. The second-order valence-corrected chi connectivity index (χ2v) is 6.13. The maximum atomic E-state index is 12.5. The molecule has 2 aromatic carbocycles. The van der Waals surface area contributed by atoms with Crippen LogP contribution in [0.5, 0.6) is 0 Å². The molecule has 0 saturated heterocycles. The van der Waals surface area contributed by atoms with Gasteiger partial charge in [0.25, 0.3) is 5.91 Å². The quantitative estimate of drug-likeness (QED) is 0.681. The Bertz CT molecular complexity index is 870. The standard InChI is InChI=1S/C19H17BrN4O/c1-2-24(14-8-4-3-5-9-14)18-12-17(21-13-22-18)19(25)23-16-11-7-6-10-15(16)20/h3-13H,2H2,1H3,(H,23,25). The van der Waals surface area contributed by atoms with Crippen LogP contribution in [0.2, 0.25) is 0 Å². The average molecular weight is 397 g/mol. The van der Waals surface area contributed by atoms with E-state index in [1.54, 1.807) is 6.07 Å². The SMILES string of the molecule is CCN(c1ccccc1)c1cc(C(=O)Nc2ccccc2Br)ncn1. The predicted octanol–water partition coefficient (Wildman–Crippen LogP) is 4.65. The highest BCUT2D eigenvalue weighted by Gasteiger charge is 2.14. The molecule has 1 heterocycles. The molecule has 1 aromatic heterocycles. The van der Waals surface area contributed by atoms with Crippen LogP contribution >= 0.6 is 15.9 Å². The monoisotopic (exact) mass is 396 g/mol. The lowest BCUT2D eigenvalue weighted by Gasteiger charge is -2.22. The van der Waals surface area contributed by atoms with E-state index in [9.17, 15) is 4.79 Å². The zero-order valence-corrected chi connectivity index (χ0v) is 15.3. The minimum Gasteiger partial charge on any atom is -0.327 e. The molecule has 0 unspecified atom stereocenters. The van der Waals surface area contributed by atoms with Crippen molar-refractivity contribution in [2.75, 3.05) is 16.8 Å². The topological polar surface area (TPSA) is 58.1 Å². The summed E-state index contributed by atoms with van der Waals surface area (Å²) >= 11 is 3.42. The van der Waals surface area contributed by atoms with E-state index in [0.717, 1.165) is 16.7 Å². The zero-order chi connectivity index (χ0) is 17.6. The van der Waals surface area contributed by atoms with Gasteiger partial charge < -0.3 is 10.2 Å². The number of nitrogens with one attached hydrogen (secondary N) is 1. The molecular weight excluding hydrogens is 380 g/mol. The first kappa shape index (κ1) is 17.1. The highest BCUT2D eigenvalue weighted by Crippen LogP contribution is 2.24. The molecule has 25 heavy (non-hydrogen) atoms. The molecule has 0 bridgehead atoms. The van der Waals surface area contributed by atoms with Crippen LogP contribution in [-0.2, 0) is 0 Å². The Balaban J connectivity index is 1.86. The number of nitrogens with zero attached hydrogens (tertiary/aromatic N) is 3. The van der Waals surface area contributed by atoms with E-state index in [0.29, 0.717) is 17.2 Å². The summed E-state index contributed by atoms with van der Waals surface area (Å²) in [5, 5.41) is 2.86. The Morgan fingerprint density at radius 2 is 1.80 bits per heavy atom. The minimum atomic E-state index is -0.278. The lowest BCUT2D eigenvalue weighted by atomic mass is 10.2. The van der Waals surface area contributed by atoms with Crippen molar-refractivity contribution in [2.24, 2.45) is 0 Å². The van der Waals surface area contributed by atoms with Crippen LogP contribution in [0.1, 0.15) is 17.4 Å². The van der Waals surface area contributed by atoms with E-state index in [1.807, 2.05) is 66.4 Å². The first-order valence-electron chi connectivity index (χ1n) is 7.89. The van der Waals surface area contributed by atoms with Gasteiger partial charge in [0, 0.05) is 22.8 Å². The van der Waals surface area contributed by atoms with Crippen LogP contribution < -0.4 is 10.2 Å². The number of hydrogen-bond donors (Lipinski definition) is 1. The van der Waals surface area contributed by atoms with Gasteiger partial charge in [-0.1, -0.05) is 30.3 Å². The molecule has 3 aromatic rings. The van der Waals surface area contributed by atoms with Gasteiger partial charge in [-0.3, -0.25) is 4.79 Å². The summed E-state index contributed by atoms with van der Waals surface area (Å²) in [6.07, 6.45) is 1.41. The first-order chi connectivity index (χ1) is 12.2. The van der Waals surface area contributed by atoms with E-state index in [-0.39, 0.29) is 5.91 Å². The molecule has 0 spiro atoms. The molecule has 0 fully saturated rings. The van der Waals surface area contributed by atoms with Crippen molar-refractivity contribution in [1.29, 1.82) is 0 Å². The minimum absolute atomic E-state index is 0.278. The fourth-order valence-electron chi connectivity index (χ4n) is 2.45. The molecule has 6 heteroatoms. The molecular formula is C19H17BrN4O.